The zero-order valence-corrected chi connectivity index (χ0v) is 10.1. The molecule has 0 saturated heterocycles. The fourth-order valence-electron chi connectivity index (χ4n) is 1.99. The number of amides is 2. The normalized spacial score (nSPS) is 16.3. The van der Waals surface area contributed by atoms with E-state index in [1.807, 2.05) is 24.3 Å². The van der Waals surface area contributed by atoms with Gasteiger partial charge in [0.15, 0.2) is 0 Å². The summed E-state index contributed by atoms with van der Waals surface area (Å²) < 4.78 is 0. The van der Waals surface area contributed by atoms with Gasteiger partial charge in [0.2, 0.25) is 0 Å². The van der Waals surface area contributed by atoms with Crippen molar-refractivity contribution in [2.75, 3.05) is 10.6 Å². The molecule has 1 aromatic rings. The summed E-state index contributed by atoms with van der Waals surface area (Å²) in [4.78, 5) is 10.7. The van der Waals surface area contributed by atoms with Crippen LogP contribution in [-0.4, -0.2) is 12.1 Å². The van der Waals surface area contributed by atoms with Gasteiger partial charge in [-0.3, -0.25) is 0 Å². The number of hydrogen-bond donors (Lipinski definition) is 3. The number of hydrogen-bond acceptors (Lipinski definition) is 2. The molecule has 0 aliphatic heterocycles. The minimum Gasteiger partial charge on any atom is -0.383 e. The Balaban J connectivity index is 1.85. The molecule has 2 rings (SSSR count). The van der Waals surface area contributed by atoms with Crippen molar-refractivity contribution in [1.82, 2.24) is 0 Å². The molecule has 0 heterocycles. The number of urea groups is 1. The lowest BCUT2D eigenvalue weighted by atomic mass is 10.1. The van der Waals surface area contributed by atoms with Gasteiger partial charge in [-0.1, -0.05) is 12.8 Å². The van der Waals surface area contributed by atoms with Crippen molar-refractivity contribution in [1.29, 1.82) is 0 Å². The molecule has 1 aliphatic carbocycles. The summed E-state index contributed by atoms with van der Waals surface area (Å²) in [6.07, 6.45) is 4.00. The summed E-state index contributed by atoms with van der Waals surface area (Å²) in [6, 6.07) is 7.56. The summed E-state index contributed by atoms with van der Waals surface area (Å²) >= 11 is 0. The third kappa shape index (κ3) is 3.98. The number of nitrogens with one attached hydrogen (secondary N) is 2. The first kappa shape index (κ1) is 11.8. The molecule has 1 fully saturated rings. The molecule has 0 aromatic heterocycles. The Morgan fingerprint density at radius 1 is 1.35 bits per heavy atom. The van der Waals surface area contributed by atoms with Crippen LogP contribution in [-0.2, 0) is 0 Å². The van der Waals surface area contributed by atoms with Gasteiger partial charge in [-0.05, 0) is 43.5 Å². The van der Waals surface area contributed by atoms with Crippen molar-refractivity contribution in [3.63, 3.8) is 0 Å². The number of carbonyl (C=O) groups excluding carboxylic acids is 1. The van der Waals surface area contributed by atoms with Crippen LogP contribution in [0.2, 0.25) is 0 Å². The van der Waals surface area contributed by atoms with E-state index in [4.69, 9.17) is 5.73 Å². The number of carbonyl (C=O) groups is 1. The molecular formula is C13H19N3O. The zero-order chi connectivity index (χ0) is 12.3. The van der Waals surface area contributed by atoms with E-state index in [0.717, 1.165) is 17.3 Å². The van der Waals surface area contributed by atoms with Gasteiger partial charge in [-0.25, -0.2) is 4.79 Å². The Morgan fingerprint density at radius 3 is 2.47 bits per heavy atom. The minimum atomic E-state index is -0.534. The van der Waals surface area contributed by atoms with E-state index in [2.05, 4.69) is 17.6 Å². The van der Waals surface area contributed by atoms with Gasteiger partial charge in [0.1, 0.15) is 0 Å². The SMILES string of the molecule is CC(CC1CC1)Nc1ccc(NC(N)=O)cc1. The monoisotopic (exact) mass is 233 g/mol. The quantitative estimate of drug-likeness (QED) is 0.732. The lowest BCUT2D eigenvalue weighted by molar-refractivity contribution is 0.259. The number of benzene rings is 1. The second-order valence-electron chi connectivity index (χ2n) is 4.79. The second kappa shape index (κ2) is 5.08. The fourth-order valence-corrected chi connectivity index (χ4v) is 1.99. The summed E-state index contributed by atoms with van der Waals surface area (Å²) in [6.45, 7) is 2.20. The predicted octanol–water partition coefficient (Wildman–Crippen LogP) is 2.78. The number of rotatable bonds is 5. The van der Waals surface area contributed by atoms with E-state index in [9.17, 15) is 4.79 Å². The molecule has 1 atom stereocenters. The Bertz CT molecular complexity index is 384. The Labute approximate surface area is 102 Å². The van der Waals surface area contributed by atoms with E-state index in [1.54, 1.807) is 0 Å². The van der Waals surface area contributed by atoms with Gasteiger partial charge in [0.25, 0.3) is 0 Å². The predicted molar refractivity (Wildman–Crippen MR) is 70.1 cm³/mol. The zero-order valence-electron chi connectivity index (χ0n) is 10.1. The Hall–Kier alpha value is -1.71. The molecule has 0 spiro atoms. The van der Waals surface area contributed by atoms with Crippen LogP contribution < -0.4 is 16.4 Å². The van der Waals surface area contributed by atoms with Gasteiger partial charge >= 0.3 is 6.03 Å². The first-order valence-electron chi connectivity index (χ1n) is 6.06. The molecule has 17 heavy (non-hydrogen) atoms. The molecule has 92 valence electrons. The second-order valence-corrected chi connectivity index (χ2v) is 4.79. The van der Waals surface area contributed by atoms with E-state index < -0.39 is 6.03 Å². The molecule has 2 amide bonds. The van der Waals surface area contributed by atoms with Crippen LogP contribution in [0.15, 0.2) is 24.3 Å². The highest BCUT2D eigenvalue weighted by Gasteiger charge is 2.23. The molecule has 1 aromatic carbocycles. The molecule has 4 nitrogen and oxygen atoms in total. The van der Waals surface area contributed by atoms with Crippen LogP contribution in [0, 0.1) is 5.92 Å². The smallest absolute Gasteiger partial charge is 0.316 e. The lowest BCUT2D eigenvalue weighted by Gasteiger charge is -2.15. The highest BCUT2D eigenvalue weighted by atomic mass is 16.2. The molecule has 0 radical (unpaired) electrons. The average molecular weight is 233 g/mol. The van der Waals surface area contributed by atoms with Gasteiger partial charge in [-0.2, -0.15) is 0 Å². The highest BCUT2D eigenvalue weighted by molar-refractivity contribution is 5.87. The van der Waals surface area contributed by atoms with E-state index >= 15 is 0 Å². The van der Waals surface area contributed by atoms with Crippen LogP contribution in [0.5, 0.6) is 0 Å². The summed E-state index contributed by atoms with van der Waals surface area (Å²) in [7, 11) is 0. The third-order valence-electron chi connectivity index (χ3n) is 2.95. The van der Waals surface area contributed by atoms with Crippen molar-refractivity contribution in [2.24, 2.45) is 11.7 Å². The maximum Gasteiger partial charge on any atom is 0.316 e. The molecular weight excluding hydrogens is 214 g/mol. The van der Waals surface area contributed by atoms with Crippen molar-refractivity contribution in [3.8, 4) is 0 Å². The van der Waals surface area contributed by atoms with E-state index in [1.165, 1.54) is 19.3 Å². The van der Waals surface area contributed by atoms with Gasteiger partial charge in [0, 0.05) is 17.4 Å². The molecule has 1 aliphatic rings. The Kier molecular flexibility index (Phi) is 3.52. The topological polar surface area (TPSA) is 67.2 Å². The van der Waals surface area contributed by atoms with Crippen LogP contribution >= 0.6 is 0 Å². The summed E-state index contributed by atoms with van der Waals surface area (Å²) in [5, 5.41) is 5.99. The van der Waals surface area contributed by atoms with Crippen molar-refractivity contribution < 1.29 is 4.79 Å². The van der Waals surface area contributed by atoms with Crippen molar-refractivity contribution >= 4 is 17.4 Å². The van der Waals surface area contributed by atoms with Crippen molar-refractivity contribution in [3.05, 3.63) is 24.3 Å². The molecule has 4 N–H and O–H groups in total. The molecule has 4 heteroatoms. The van der Waals surface area contributed by atoms with Gasteiger partial charge < -0.3 is 16.4 Å². The molecule has 1 unspecified atom stereocenters. The minimum absolute atomic E-state index is 0.498. The van der Waals surface area contributed by atoms with E-state index in [0.29, 0.717) is 6.04 Å². The van der Waals surface area contributed by atoms with Gasteiger partial charge in [-0.15, -0.1) is 0 Å². The molecule has 0 bridgehead atoms. The lowest BCUT2D eigenvalue weighted by Crippen LogP contribution is -2.19. The maximum atomic E-state index is 10.7. The number of primary amides is 1. The van der Waals surface area contributed by atoms with Gasteiger partial charge in [0.05, 0.1) is 0 Å². The molecule has 1 saturated carbocycles. The maximum absolute atomic E-state index is 10.7. The summed E-state index contributed by atoms with van der Waals surface area (Å²) in [5.41, 5.74) is 6.84. The van der Waals surface area contributed by atoms with E-state index in [-0.39, 0.29) is 0 Å². The highest BCUT2D eigenvalue weighted by Crippen LogP contribution is 2.34. The number of anilines is 2. The van der Waals surface area contributed by atoms with Crippen LogP contribution in [0.25, 0.3) is 0 Å². The average Bonchev–Trinajstić information content (AvgIpc) is 3.04. The largest absolute Gasteiger partial charge is 0.383 e. The van der Waals surface area contributed by atoms with Crippen LogP contribution in [0.3, 0.4) is 0 Å². The fraction of sp³-hybridized carbons (Fsp3) is 0.462. The number of nitrogens with two attached hydrogens (primary N) is 1. The Morgan fingerprint density at radius 2 is 1.94 bits per heavy atom. The van der Waals surface area contributed by atoms with Crippen LogP contribution in [0.4, 0.5) is 16.2 Å². The van der Waals surface area contributed by atoms with Crippen molar-refractivity contribution in [2.45, 2.75) is 32.2 Å². The summed E-state index contributed by atoms with van der Waals surface area (Å²) in [5.74, 6) is 0.924. The third-order valence-corrected chi connectivity index (χ3v) is 2.95. The standard InChI is InChI=1S/C13H19N3O/c1-9(8-10-2-3-10)15-11-4-6-12(7-5-11)16-13(14)17/h4-7,9-10,15H,2-3,8H2,1H3,(H3,14,16,17). The first-order valence-corrected chi connectivity index (χ1v) is 6.06. The first-order chi connectivity index (χ1) is 8.13. The van der Waals surface area contributed by atoms with Crippen LogP contribution in [0.1, 0.15) is 26.2 Å².